The Morgan fingerprint density at radius 2 is 2.00 bits per heavy atom. The van der Waals surface area contributed by atoms with Gasteiger partial charge in [0.2, 0.25) is 0 Å². The van der Waals surface area contributed by atoms with Crippen LogP contribution in [0.2, 0.25) is 0 Å². The van der Waals surface area contributed by atoms with Crippen LogP contribution >= 0.6 is 0 Å². The van der Waals surface area contributed by atoms with Crippen LogP contribution in [0.25, 0.3) is 10.9 Å². The van der Waals surface area contributed by atoms with Gasteiger partial charge in [0.15, 0.2) is 0 Å². The van der Waals surface area contributed by atoms with Crippen LogP contribution in [0.4, 0.5) is 13.2 Å². The van der Waals surface area contributed by atoms with Gasteiger partial charge in [0.25, 0.3) is 0 Å². The van der Waals surface area contributed by atoms with Crippen molar-refractivity contribution in [3.8, 4) is 0 Å². The topological polar surface area (TPSA) is 53.6 Å². The lowest BCUT2D eigenvalue weighted by Crippen LogP contribution is -2.14. The number of H-pyrrole nitrogens is 1. The fourth-order valence-electron chi connectivity index (χ4n) is 2.26. The summed E-state index contributed by atoms with van der Waals surface area (Å²) < 4.78 is 37.8. The first-order valence-corrected chi connectivity index (χ1v) is 6.68. The first-order valence-electron chi connectivity index (χ1n) is 6.68. The van der Waals surface area contributed by atoms with Crippen LogP contribution in [-0.2, 0) is 19.3 Å². The quantitative estimate of drug-likeness (QED) is 0.778. The van der Waals surface area contributed by atoms with Gasteiger partial charge in [0.05, 0.1) is 11.7 Å². The predicted octanol–water partition coefficient (Wildman–Crippen LogP) is 3.27. The Morgan fingerprint density at radius 1 is 1.14 bits per heavy atom. The minimum absolute atomic E-state index is 0.329. The number of hydrogen-bond acceptors (Lipinski definition) is 3. The third-order valence-corrected chi connectivity index (χ3v) is 3.32. The van der Waals surface area contributed by atoms with Crippen LogP contribution < -0.4 is 5.32 Å². The zero-order valence-corrected chi connectivity index (χ0v) is 11.5. The van der Waals surface area contributed by atoms with Gasteiger partial charge in [-0.3, -0.25) is 10.1 Å². The lowest BCUT2D eigenvalue weighted by Gasteiger charge is -2.09. The van der Waals surface area contributed by atoms with E-state index in [4.69, 9.17) is 0 Å². The molecule has 0 amide bonds. The summed E-state index contributed by atoms with van der Waals surface area (Å²) in [5, 5.41) is 11.0. The molecule has 0 saturated carbocycles. The molecule has 0 saturated heterocycles. The molecule has 0 unspecified atom stereocenters. The van der Waals surface area contributed by atoms with E-state index in [1.165, 1.54) is 6.20 Å². The van der Waals surface area contributed by atoms with Crippen molar-refractivity contribution in [2.45, 2.75) is 19.3 Å². The molecule has 2 aromatic heterocycles. The molecule has 4 nitrogen and oxygen atoms in total. The molecule has 2 heterocycles. The van der Waals surface area contributed by atoms with E-state index in [1.807, 2.05) is 18.2 Å². The van der Waals surface area contributed by atoms with E-state index in [2.05, 4.69) is 20.5 Å². The summed E-state index contributed by atoms with van der Waals surface area (Å²) in [6.07, 6.45) is -1.51. The SMILES string of the molecule is FC(F)(F)c1cc(CNCc2cccc3cn[nH]c23)ccn1. The van der Waals surface area contributed by atoms with E-state index in [0.29, 0.717) is 18.7 Å². The summed E-state index contributed by atoms with van der Waals surface area (Å²) in [6, 6.07) is 8.44. The minimum Gasteiger partial charge on any atom is -0.309 e. The highest BCUT2D eigenvalue weighted by Crippen LogP contribution is 2.27. The van der Waals surface area contributed by atoms with Crippen molar-refractivity contribution in [3.63, 3.8) is 0 Å². The Kier molecular flexibility index (Phi) is 3.81. The van der Waals surface area contributed by atoms with Gasteiger partial charge in [-0.15, -0.1) is 0 Å². The van der Waals surface area contributed by atoms with Crippen molar-refractivity contribution in [1.29, 1.82) is 0 Å². The summed E-state index contributed by atoms with van der Waals surface area (Å²) in [5.74, 6) is 0. The van der Waals surface area contributed by atoms with Crippen LogP contribution in [0.1, 0.15) is 16.8 Å². The van der Waals surface area contributed by atoms with Gasteiger partial charge in [0, 0.05) is 24.7 Å². The Morgan fingerprint density at radius 3 is 2.82 bits per heavy atom. The maximum absolute atomic E-state index is 12.6. The molecule has 0 atom stereocenters. The third kappa shape index (κ3) is 3.09. The number of pyridine rings is 1. The Labute approximate surface area is 124 Å². The van der Waals surface area contributed by atoms with E-state index in [-0.39, 0.29) is 0 Å². The summed E-state index contributed by atoms with van der Waals surface area (Å²) in [6.45, 7) is 0.860. The number of halogens is 3. The van der Waals surface area contributed by atoms with Crippen molar-refractivity contribution in [2.24, 2.45) is 0 Å². The number of nitrogens with one attached hydrogen (secondary N) is 2. The number of aromatic nitrogens is 3. The molecular weight excluding hydrogens is 293 g/mol. The van der Waals surface area contributed by atoms with Crippen LogP contribution in [0, 0.1) is 0 Å². The molecule has 0 bridgehead atoms. The number of nitrogens with zero attached hydrogens (tertiary/aromatic N) is 2. The average Bonchev–Trinajstić information content (AvgIpc) is 2.96. The van der Waals surface area contributed by atoms with Crippen LogP contribution in [0.15, 0.2) is 42.7 Å². The number of benzene rings is 1. The fourth-order valence-corrected chi connectivity index (χ4v) is 2.26. The Bertz CT molecular complexity index is 780. The Balaban J connectivity index is 1.67. The first kappa shape index (κ1) is 14.5. The predicted molar refractivity (Wildman–Crippen MR) is 75.9 cm³/mol. The smallest absolute Gasteiger partial charge is 0.309 e. The van der Waals surface area contributed by atoms with Gasteiger partial charge in [0.1, 0.15) is 5.69 Å². The zero-order valence-electron chi connectivity index (χ0n) is 11.5. The maximum atomic E-state index is 12.6. The zero-order chi connectivity index (χ0) is 15.6. The second kappa shape index (κ2) is 5.76. The van der Waals surface area contributed by atoms with Crippen LogP contribution in [0.3, 0.4) is 0 Å². The molecule has 0 spiro atoms. The highest BCUT2D eigenvalue weighted by atomic mass is 19.4. The number of fused-ring (bicyclic) bond motifs is 1. The summed E-state index contributed by atoms with van der Waals surface area (Å²) in [4.78, 5) is 3.34. The highest BCUT2D eigenvalue weighted by Gasteiger charge is 2.32. The van der Waals surface area contributed by atoms with Crippen molar-refractivity contribution >= 4 is 10.9 Å². The van der Waals surface area contributed by atoms with Crippen molar-refractivity contribution in [3.05, 3.63) is 59.5 Å². The largest absolute Gasteiger partial charge is 0.433 e. The molecule has 3 rings (SSSR count). The van der Waals surface area contributed by atoms with E-state index < -0.39 is 11.9 Å². The first-order chi connectivity index (χ1) is 10.5. The average molecular weight is 306 g/mol. The second-order valence-electron chi connectivity index (χ2n) is 4.90. The molecule has 114 valence electrons. The lowest BCUT2D eigenvalue weighted by atomic mass is 10.1. The second-order valence-corrected chi connectivity index (χ2v) is 4.90. The van der Waals surface area contributed by atoms with Gasteiger partial charge in [-0.1, -0.05) is 18.2 Å². The third-order valence-electron chi connectivity index (χ3n) is 3.32. The molecule has 0 fully saturated rings. The molecule has 0 radical (unpaired) electrons. The molecule has 0 aliphatic heterocycles. The normalized spacial score (nSPS) is 12.0. The van der Waals surface area contributed by atoms with E-state index in [9.17, 15) is 13.2 Å². The molecule has 0 aliphatic carbocycles. The molecule has 22 heavy (non-hydrogen) atoms. The molecule has 1 aromatic carbocycles. The van der Waals surface area contributed by atoms with Gasteiger partial charge in [-0.05, 0) is 23.3 Å². The van der Waals surface area contributed by atoms with Crippen LogP contribution in [-0.4, -0.2) is 15.2 Å². The Hall–Kier alpha value is -2.41. The van der Waals surface area contributed by atoms with Crippen LogP contribution in [0.5, 0.6) is 0 Å². The standard InChI is InChI=1S/C15H13F3N4/c16-15(17,18)13-6-10(4-5-20-13)7-19-8-11-2-1-3-12-9-21-22-14(11)12/h1-6,9,19H,7-8H2,(H,21,22). The van der Waals surface area contributed by atoms with Crippen molar-refractivity contribution in [1.82, 2.24) is 20.5 Å². The lowest BCUT2D eigenvalue weighted by molar-refractivity contribution is -0.141. The molecule has 0 aliphatic rings. The molecule has 2 N–H and O–H groups in total. The van der Waals surface area contributed by atoms with Gasteiger partial charge in [-0.2, -0.15) is 18.3 Å². The number of rotatable bonds is 4. The highest BCUT2D eigenvalue weighted by molar-refractivity contribution is 5.81. The van der Waals surface area contributed by atoms with E-state index >= 15 is 0 Å². The number of hydrogen-bond donors (Lipinski definition) is 2. The summed E-state index contributed by atoms with van der Waals surface area (Å²) in [7, 11) is 0. The maximum Gasteiger partial charge on any atom is 0.433 e. The van der Waals surface area contributed by atoms with Gasteiger partial charge < -0.3 is 5.32 Å². The number of alkyl halides is 3. The van der Waals surface area contributed by atoms with E-state index in [0.717, 1.165) is 22.5 Å². The minimum atomic E-state index is -4.42. The molecule has 7 heteroatoms. The van der Waals surface area contributed by atoms with Gasteiger partial charge >= 0.3 is 6.18 Å². The van der Waals surface area contributed by atoms with Gasteiger partial charge in [-0.25, -0.2) is 0 Å². The van der Waals surface area contributed by atoms with Crippen molar-refractivity contribution < 1.29 is 13.2 Å². The molecular formula is C15H13F3N4. The summed E-state index contributed by atoms with van der Waals surface area (Å²) >= 11 is 0. The van der Waals surface area contributed by atoms with Crippen molar-refractivity contribution in [2.75, 3.05) is 0 Å². The molecule has 3 aromatic rings. The monoisotopic (exact) mass is 306 g/mol. The van der Waals surface area contributed by atoms with E-state index in [1.54, 1.807) is 12.3 Å². The summed E-state index contributed by atoms with van der Waals surface area (Å²) in [5.41, 5.74) is 1.61. The number of aromatic amines is 1. The number of para-hydroxylation sites is 1. The fraction of sp³-hybridized carbons (Fsp3) is 0.200.